The quantitative estimate of drug-likeness (QED) is 0.656. The third kappa shape index (κ3) is 2.60. The van der Waals surface area contributed by atoms with Gasteiger partial charge in [-0.15, -0.1) is 0 Å². The summed E-state index contributed by atoms with van der Waals surface area (Å²) in [6.45, 7) is 0. The lowest BCUT2D eigenvalue weighted by Crippen LogP contribution is -2.12. The summed E-state index contributed by atoms with van der Waals surface area (Å²) in [5.41, 5.74) is 0. The van der Waals surface area contributed by atoms with Crippen LogP contribution in [0.3, 0.4) is 0 Å². The van der Waals surface area contributed by atoms with Crippen LogP contribution in [0.4, 0.5) is 0 Å². The lowest BCUT2D eigenvalue weighted by molar-refractivity contribution is 0.420. The average molecular weight is 333 g/mol. The summed E-state index contributed by atoms with van der Waals surface area (Å²) in [6.07, 6.45) is 0. The van der Waals surface area contributed by atoms with E-state index in [9.17, 15) is 0 Å². The van der Waals surface area contributed by atoms with Gasteiger partial charge in [-0.25, -0.2) is 0 Å². The van der Waals surface area contributed by atoms with Crippen molar-refractivity contribution >= 4 is 49.8 Å². The van der Waals surface area contributed by atoms with Crippen molar-refractivity contribution in [1.29, 1.82) is 0 Å². The van der Waals surface area contributed by atoms with Gasteiger partial charge in [0.1, 0.15) is 5.75 Å². The topological polar surface area (TPSA) is 9.23 Å². The number of methoxy groups -OCH3 is 1. The van der Waals surface area contributed by atoms with Crippen LogP contribution in [0.1, 0.15) is 0 Å². The largest absolute Gasteiger partial charge is 0.496 e. The van der Waals surface area contributed by atoms with Crippen molar-refractivity contribution in [1.82, 2.24) is 0 Å². The van der Waals surface area contributed by atoms with Gasteiger partial charge in [-0.3, -0.25) is 0 Å². The average Bonchev–Trinajstić information content (AvgIpc) is 2.54. The molecule has 0 aliphatic carbocycles. The summed E-state index contributed by atoms with van der Waals surface area (Å²) in [5, 5.41) is 1.82. The van der Waals surface area contributed by atoms with E-state index >= 15 is 0 Å². The minimum atomic E-state index is -2.32. The molecule has 1 unspecified atom stereocenters. The Kier molecular flexibility index (Phi) is 4.03. The SMILES string of the molecule is COc1cccc2c(P(=S)(Cl)c3ccccc3)cccc12. The summed E-state index contributed by atoms with van der Waals surface area (Å²) in [4.78, 5) is 0. The van der Waals surface area contributed by atoms with Gasteiger partial charge in [0, 0.05) is 16.0 Å². The maximum Gasteiger partial charge on any atom is 0.126 e. The standard InChI is InChI=1S/C17H14ClOPS/c1-19-16-11-5-10-15-14(16)9-6-12-17(15)20(18,21)13-7-3-2-4-8-13/h2-12H,1H3. The second-order valence-corrected chi connectivity index (χ2v) is 10.5. The van der Waals surface area contributed by atoms with E-state index in [1.54, 1.807) is 7.11 Å². The molecular weight excluding hydrogens is 319 g/mol. The van der Waals surface area contributed by atoms with Gasteiger partial charge in [-0.1, -0.05) is 83.7 Å². The number of hydrogen-bond acceptors (Lipinski definition) is 2. The van der Waals surface area contributed by atoms with Crippen molar-refractivity contribution in [3.8, 4) is 5.75 Å². The molecule has 3 rings (SSSR count). The lowest BCUT2D eigenvalue weighted by atomic mass is 10.1. The summed E-state index contributed by atoms with van der Waals surface area (Å²) in [6, 6.07) is 22.0. The first-order valence-electron chi connectivity index (χ1n) is 6.56. The molecule has 0 saturated heterocycles. The molecule has 4 heteroatoms. The van der Waals surface area contributed by atoms with E-state index in [1.807, 2.05) is 60.7 Å². The second-order valence-electron chi connectivity index (χ2n) is 4.70. The van der Waals surface area contributed by atoms with E-state index in [0.717, 1.165) is 27.1 Å². The van der Waals surface area contributed by atoms with Crippen LogP contribution in [-0.4, -0.2) is 7.11 Å². The Morgan fingerprint density at radius 2 is 1.52 bits per heavy atom. The molecule has 0 radical (unpaired) electrons. The van der Waals surface area contributed by atoms with E-state index in [4.69, 9.17) is 27.8 Å². The van der Waals surface area contributed by atoms with Gasteiger partial charge in [-0.05, 0) is 11.5 Å². The van der Waals surface area contributed by atoms with Crippen LogP contribution in [0, 0.1) is 0 Å². The molecule has 106 valence electrons. The first kappa shape index (κ1) is 14.6. The van der Waals surface area contributed by atoms with Gasteiger partial charge < -0.3 is 4.74 Å². The van der Waals surface area contributed by atoms with Gasteiger partial charge in [-0.2, -0.15) is 0 Å². The van der Waals surface area contributed by atoms with Gasteiger partial charge in [0.05, 0.1) is 12.5 Å². The van der Waals surface area contributed by atoms with Crippen molar-refractivity contribution in [3.63, 3.8) is 0 Å². The highest BCUT2D eigenvalue weighted by Gasteiger charge is 2.21. The minimum Gasteiger partial charge on any atom is -0.496 e. The predicted octanol–water partition coefficient (Wildman–Crippen LogP) is 4.43. The maximum absolute atomic E-state index is 6.85. The molecule has 0 fully saturated rings. The van der Waals surface area contributed by atoms with E-state index in [-0.39, 0.29) is 0 Å². The summed E-state index contributed by atoms with van der Waals surface area (Å²) in [7, 11) is 1.68. The van der Waals surface area contributed by atoms with Crippen molar-refractivity contribution in [2.24, 2.45) is 0 Å². The fourth-order valence-electron chi connectivity index (χ4n) is 2.45. The number of ether oxygens (including phenoxy) is 1. The summed E-state index contributed by atoms with van der Waals surface area (Å²) in [5.74, 6) is 0.842. The molecule has 1 atom stereocenters. The molecule has 21 heavy (non-hydrogen) atoms. The van der Waals surface area contributed by atoms with E-state index < -0.39 is 5.39 Å². The lowest BCUT2D eigenvalue weighted by Gasteiger charge is -2.18. The Balaban J connectivity index is 2.29. The van der Waals surface area contributed by atoms with Gasteiger partial charge in [0.2, 0.25) is 0 Å². The smallest absolute Gasteiger partial charge is 0.126 e. The van der Waals surface area contributed by atoms with Crippen molar-refractivity contribution in [2.75, 3.05) is 7.11 Å². The van der Waals surface area contributed by atoms with Crippen LogP contribution < -0.4 is 15.3 Å². The first-order chi connectivity index (χ1) is 10.1. The minimum absolute atomic E-state index is 0.842. The highest BCUT2D eigenvalue weighted by atomic mass is 35.7. The highest BCUT2D eigenvalue weighted by Crippen LogP contribution is 2.51. The van der Waals surface area contributed by atoms with Crippen LogP contribution in [-0.2, 0) is 11.8 Å². The number of halogens is 1. The predicted molar refractivity (Wildman–Crippen MR) is 96.3 cm³/mol. The highest BCUT2D eigenvalue weighted by molar-refractivity contribution is 8.34. The zero-order valence-corrected chi connectivity index (χ0v) is 14.0. The van der Waals surface area contributed by atoms with Crippen LogP contribution in [0.25, 0.3) is 10.8 Å². The summed E-state index contributed by atoms with van der Waals surface area (Å²) >= 11 is 12.7. The van der Waals surface area contributed by atoms with Crippen molar-refractivity contribution in [2.45, 2.75) is 0 Å². The number of rotatable bonds is 3. The first-order valence-corrected chi connectivity index (χ1v) is 10.3. The molecule has 0 saturated carbocycles. The molecule has 3 aromatic carbocycles. The van der Waals surface area contributed by atoms with Crippen LogP contribution in [0.5, 0.6) is 5.75 Å². The Bertz CT molecular complexity index is 833. The molecule has 3 aromatic rings. The van der Waals surface area contributed by atoms with E-state index in [2.05, 4.69) is 6.07 Å². The normalized spacial score (nSPS) is 13.8. The number of fused-ring (bicyclic) bond motifs is 1. The van der Waals surface area contributed by atoms with Crippen LogP contribution in [0.2, 0.25) is 0 Å². The molecule has 0 amide bonds. The molecule has 0 aliphatic heterocycles. The molecule has 0 spiro atoms. The van der Waals surface area contributed by atoms with Crippen molar-refractivity contribution in [3.05, 3.63) is 66.7 Å². The summed E-state index contributed by atoms with van der Waals surface area (Å²) < 4.78 is 5.44. The molecule has 0 aromatic heterocycles. The monoisotopic (exact) mass is 332 g/mol. The third-order valence-electron chi connectivity index (χ3n) is 3.48. The van der Waals surface area contributed by atoms with E-state index in [1.165, 1.54) is 0 Å². The molecule has 0 bridgehead atoms. The Hall–Kier alpha value is -1.34. The zero-order valence-electron chi connectivity index (χ0n) is 11.5. The number of hydrogen-bond donors (Lipinski definition) is 0. The van der Waals surface area contributed by atoms with Gasteiger partial charge in [0.25, 0.3) is 0 Å². The van der Waals surface area contributed by atoms with Crippen molar-refractivity contribution < 1.29 is 4.74 Å². The third-order valence-corrected chi connectivity index (χ3v) is 7.80. The van der Waals surface area contributed by atoms with E-state index in [0.29, 0.717) is 0 Å². The molecule has 0 aliphatic rings. The zero-order chi connectivity index (χ0) is 14.9. The van der Waals surface area contributed by atoms with Crippen LogP contribution in [0.15, 0.2) is 66.7 Å². The van der Waals surface area contributed by atoms with Gasteiger partial charge in [0.15, 0.2) is 0 Å². The molecule has 1 nitrogen and oxygen atoms in total. The Morgan fingerprint density at radius 3 is 2.24 bits per heavy atom. The second kappa shape index (κ2) is 5.81. The van der Waals surface area contributed by atoms with Gasteiger partial charge >= 0.3 is 0 Å². The number of benzene rings is 3. The molecular formula is C17H14ClOPS. The molecule has 0 N–H and O–H groups in total. The van der Waals surface area contributed by atoms with Crippen LogP contribution >= 0.6 is 16.6 Å². The maximum atomic E-state index is 6.85. The Labute approximate surface area is 134 Å². The fraction of sp³-hybridized carbons (Fsp3) is 0.0588. The fourth-order valence-corrected chi connectivity index (χ4v) is 5.69. The Morgan fingerprint density at radius 1 is 0.857 bits per heavy atom. The molecule has 0 heterocycles.